The third-order valence-electron chi connectivity index (χ3n) is 3.22. The first-order valence-corrected chi connectivity index (χ1v) is 6.67. The molecule has 0 fully saturated rings. The average Bonchev–Trinajstić information content (AvgIpc) is 2.48. The van der Waals surface area contributed by atoms with Crippen LogP contribution in [0.25, 0.3) is 0 Å². The first kappa shape index (κ1) is 14.2. The number of benzene rings is 1. The van der Waals surface area contributed by atoms with Crippen molar-refractivity contribution >= 4 is 5.97 Å². The van der Waals surface area contributed by atoms with Gasteiger partial charge in [0.2, 0.25) is 5.82 Å². The van der Waals surface area contributed by atoms with Gasteiger partial charge in [-0.3, -0.25) is 0 Å². The number of hydrogen-bond acceptors (Lipinski definition) is 4. The predicted octanol–water partition coefficient (Wildman–Crippen LogP) is 3.01. The molecular formula is C16H18N2O2. The van der Waals surface area contributed by atoms with Gasteiger partial charge in [0, 0.05) is 11.4 Å². The van der Waals surface area contributed by atoms with Crippen molar-refractivity contribution in [1.29, 1.82) is 0 Å². The summed E-state index contributed by atoms with van der Waals surface area (Å²) in [6.45, 7) is 6.09. The van der Waals surface area contributed by atoms with Crippen LogP contribution in [0.4, 0.5) is 0 Å². The van der Waals surface area contributed by atoms with Crippen molar-refractivity contribution in [2.24, 2.45) is 0 Å². The predicted molar refractivity (Wildman–Crippen MR) is 76.4 cm³/mol. The number of esters is 1. The van der Waals surface area contributed by atoms with Gasteiger partial charge in [0.15, 0.2) is 0 Å². The summed E-state index contributed by atoms with van der Waals surface area (Å²) in [6.07, 6.45) is 0.772. The van der Waals surface area contributed by atoms with E-state index in [9.17, 15) is 4.79 Å². The fraction of sp³-hybridized carbons (Fsp3) is 0.312. The van der Waals surface area contributed by atoms with E-state index < -0.39 is 5.97 Å². The largest absolute Gasteiger partial charge is 0.455 e. The molecule has 0 aliphatic rings. The Morgan fingerprint density at radius 3 is 2.50 bits per heavy atom. The number of nitrogens with zero attached hydrogens (tertiary/aromatic N) is 2. The van der Waals surface area contributed by atoms with Crippen molar-refractivity contribution in [3.05, 3.63) is 58.7 Å². The molecular weight excluding hydrogens is 252 g/mol. The van der Waals surface area contributed by atoms with Crippen molar-refractivity contribution in [3.8, 4) is 0 Å². The van der Waals surface area contributed by atoms with E-state index >= 15 is 0 Å². The molecule has 2 rings (SSSR count). The number of carbonyl (C=O) groups is 1. The third-order valence-corrected chi connectivity index (χ3v) is 3.22. The summed E-state index contributed by atoms with van der Waals surface area (Å²) in [5.41, 5.74) is 3.69. The molecule has 4 nitrogen and oxygen atoms in total. The minimum absolute atomic E-state index is 0.140. The lowest BCUT2D eigenvalue weighted by atomic mass is 10.1. The van der Waals surface area contributed by atoms with Crippen LogP contribution < -0.4 is 0 Å². The van der Waals surface area contributed by atoms with Crippen LogP contribution in [0.1, 0.15) is 40.1 Å². The second-order valence-electron chi connectivity index (χ2n) is 4.62. The van der Waals surface area contributed by atoms with E-state index in [0.29, 0.717) is 0 Å². The third kappa shape index (κ3) is 3.20. The molecule has 2 aromatic rings. The maximum Gasteiger partial charge on any atom is 0.376 e. The molecule has 0 bridgehead atoms. The molecule has 0 radical (unpaired) electrons. The number of ether oxygens (including phenoxy) is 1. The van der Waals surface area contributed by atoms with E-state index in [1.54, 1.807) is 0 Å². The van der Waals surface area contributed by atoms with Crippen LogP contribution in [-0.4, -0.2) is 15.9 Å². The van der Waals surface area contributed by atoms with E-state index in [1.807, 2.05) is 51.1 Å². The van der Waals surface area contributed by atoms with Gasteiger partial charge in [-0.2, -0.15) is 0 Å². The van der Waals surface area contributed by atoms with Gasteiger partial charge in [0.05, 0.1) is 0 Å². The van der Waals surface area contributed by atoms with Crippen LogP contribution in [0.2, 0.25) is 0 Å². The summed E-state index contributed by atoms with van der Waals surface area (Å²) in [5, 5.41) is 0. The van der Waals surface area contributed by atoms with Crippen molar-refractivity contribution in [3.63, 3.8) is 0 Å². The number of rotatable bonds is 4. The highest BCUT2D eigenvalue weighted by Gasteiger charge is 2.15. The SMILES string of the molecule is CCc1nc(C(=O)OCc2ccccc2)nc(C)c1C. The quantitative estimate of drug-likeness (QED) is 0.801. The first-order valence-electron chi connectivity index (χ1n) is 6.67. The second-order valence-corrected chi connectivity index (χ2v) is 4.62. The molecule has 0 unspecified atom stereocenters. The molecule has 0 N–H and O–H groups in total. The van der Waals surface area contributed by atoms with E-state index in [-0.39, 0.29) is 12.4 Å². The summed E-state index contributed by atoms with van der Waals surface area (Å²) >= 11 is 0. The van der Waals surface area contributed by atoms with Crippen molar-refractivity contribution < 1.29 is 9.53 Å². The van der Waals surface area contributed by atoms with Crippen LogP contribution >= 0.6 is 0 Å². The van der Waals surface area contributed by atoms with Crippen molar-refractivity contribution in [2.75, 3.05) is 0 Å². The molecule has 104 valence electrons. The summed E-state index contributed by atoms with van der Waals surface area (Å²) in [5.74, 6) is -0.340. The molecule has 0 aliphatic carbocycles. The highest BCUT2D eigenvalue weighted by molar-refractivity contribution is 5.85. The minimum atomic E-state index is -0.480. The Morgan fingerprint density at radius 2 is 1.85 bits per heavy atom. The standard InChI is InChI=1S/C16H18N2O2/c1-4-14-11(2)12(3)17-15(18-14)16(19)20-10-13-8-6-5-7-9-13/h5-9H,4,10H2,1-3H3. The van der Waals surface area contributed by atoms with Crippen molar-refractivity contribution in [2.45, 2.75) is 33.8 Å². The zero-order chi connectivity index (χ0) is 14.5. The minimum Gasteiger partial charge on any atom is -0.455 e. The lowest BCUT2D eigenvalue weighted by molar-refractivity contribution is 0.0457. The van der Waals surface area contributed by atoms with Gasteiger partial charge in [0.25, 0.3) is 0 Å². The van der Waals surface area contributed by atoms with E-state index in [0.717, 1.165) is 28.9 Å². The molecule has 1 heterocycles. The van der Waals surface area contributed by atoms with Crippen molar-refractivity contribution in [1.82, 2.24) is 9.97 Å². The molecule has 20 heavy (non-hydrogen) atoms. The summed E-state index contributed by atoms with van der Waals surface area (Å²) in [7, 11) is 0. The molecule has 1 aromatic heterocycles. The second kappa shape index (κ2) is 6.28. The van der Waals surface area contributed by atoms with E-state index in [1.165, 1.54) is 0 Å². The number of aryl methyl sites for hydroxylation is 2. The molecule has 0 aliphatic heterocycles. The molecule has 0 spiro atoms. The van der Waals surface area contributed by atoms with Gasteiger partial charge in [-0.1, -0.05) is 37.3 Å². The maximum atomic E-state index is 12.0. The molecule has 0 amide bonds. The maximum absolute atomic E-state index is 12.0. The lowest BCUT2D eigenvalue weighted by Gasteiger charge is -2.09. The number of carbonyl (C=O) groups excluding carboxylic acids is 1. The number of hydrogen-bond donors (Lipinski definition) is 0. The van der Waals surface area contributed by atoms with Crippen LogP contribution in [0.3, 0.4) is 0 Å². The van der Waals surface area contributed by atoms with Crippen LogP contribution in [0.15, 0.2) is 30.3 Å². The lowest BCUT2D eigenvalue weighted by Crippen LogP contribution is -2.13. The van der Waals surface area contributed by atoms with Crippen LogP contribution in [0.5, 0.6) is 0 Å². The Balaban J connectivity index is 2.11. The van der Waals surface area contributed by atoms with Gasteiger partial charge in [-0.05, 0) is 31.4 Å². The van der Waals surface area contributed by atoms with Gasteiger partial charge in [-0.15, -0.1) is 0 Å². The molecule has 0 saturated carbocycles. The monoisotopic (exact) mass is 270 g/mol. The smallest absolute Gasteiger partial charge is 0.376 e. The normalized spacial score (nSPS) is 10.3. The Kier molecular flexibility index (Phi) is 4.45. The zero-order valence-corrected chi connectivity index (χ0v) is 12.0. The van der Waals surface area contributed by atoms with Gasteiger partial charge < -0.3 is 4.74 Å². The summed E-state index contributed by atoms with van der Waals surface area (Å²) in [4.78, 5) is 20.5. The zero-order valence-electron chi connectivity index (χ0n) is 12.0. The molecule has 0 atom stereocenters. The highest BCUT2D eigenvalue weighted by Crippen LogP contribution is 2.11. The summed E-state index contributed by atoms with van der Waals surface area (Å²) in [6, 6.07) is 9.55. The number of aromatic nitrogens is 2. The molecule has 4 heteroatoms. The highest BCUT2D eigenvalue weighted by atomic mass is 16.5. The molecule has 1 aromatic carbocycles. The Hall–Kier alpha value is -2.23. The first-order chi connectivity index (χ1) is 9.61. The van der Waals surface area contributed by atoms with Gasteiger partial charge in [-0.25, -0.2) is 14.8 Å². The van der Waals surface area contributed by atoms with E-state index in [2.05, 4.69) is 9.97 Å². The fourth-order valence-corrected chi connectivity index (χ4v) is 1.91. The fourth-order valence-electron chi connectivity index (χ4n) is 1.91. The van der Waals surface area contributed by atoms with Gasteiger partial charge in [0.1, 0.15) is 6.61 Å². The van der Waals surface area contributed by atoms with Gasteiger partial charge >= 0.3 is 5.97 Å². The van der Waals surface area contributed by atoms with Crippen LogP contribution in [-0.2, 0) is 17.8 Å². The average molecular weight is 270 g/mol. The Bertz CT molecular complexity index is 609. The summed E-state index contributed by atoms with van der Waals surface area (Å²) < 4.78 is 5.24. The van der Waals surface area contributed by atoms with Crippen LogP contribution in [0, 0.1) is 13.8 Å². The Morgan fingerprint density at radius 1 is 1.15 bits per heavy atom. The molecule has 0 saturated heterocycles. The van der Waals surface area contributed by atoms with E-state index in [4.69, 9.17) is 4.74 Å². The Labute approximate surface area is 118 Å². The topological polar surface area (TPSA) is 52.1 Å².